The van der Waals surface area contributed by atoms with Crippen molar-refractivity contribution in [2.45, 2.75) is 39.7 Å². The number of benzene rings is 1. The Morgan fingerprint density at radius 3 is 2.31 bits per heavy atom. The number of anilines is 1. The third-order valence-corrected chi connectivity index (χ3v) is 6.00. The molecule has 1 aliphatic carbocycles. The van der Waals surface area contributed by atoms with E-state index < -0.39 is 0 Å². The lowest BCUT2D eigenvalue weighted by molar-refractivity contribution is -0.119. The lowest BCUT2D eigenvalue weighted by Crippen LogP contribution is -2.28. The minimum atomic E-state index is -0.304. The van der Waals surface area contributed by atoms with Crippen LogP contribution in [0, 0.1) is 0 Å². The number of nitrogens with zero attached hydrogens (tertiary/aromatic N) is 1. The average molecular weight is 441 g/mol. The molecule has 32 heavy (non-hydrogen) atoms. The molecule has 1 N–H and O–H groups in total. The maximum Gasteiger partial charge on any atom is 0.217 e. The summed E-state index contributed by atoms with van der Waals surface area (Å²) in [4.78, 5) is 27.3. The highest BCUT2D eigenvalue weighted by Gasteiger charge is 2.29. The molecule has 2 aromatic carbocycles. The number of hydrogen-bond donors (Lipinski definition) is 1. The van der Waals surface area contributed by atoms with Crippen LogP contribution in [0.1, 0.15) is 44.4 Å². The van der Waals surface area contributed by atoms with Gasteiger partial charge in [-0.25, -0.2) is 0 Å². The summed E-state index contributed by atoms with van der Waals surface area (Å²) in [5.41, 5.74) is 4.03. The highest BCUT2D eigenvalue weighted by Crippen LogP contribution is 2.50. The number of carbonyl (C=O) groups is 1. The van der Waals surface area contributed by atoms with E-state index in [4.69, 9.17) is 14.2 Å². The van der Waals surface area contributed by atoms with Crippen molar-refractivity contribution >= 4 is 11.6 Å². The first-order chi connectivity index (χ1) is 15.4. The topological polar surface area (TPSA) is 77.1 Å². The van der Waals surface area contributed by atoms with Crippen molar-refractivity contribution in [2.24, 2.45) is 0 Å². The van der Waals surface area contributed by atoms with E-state index in [2.05, 4.69) is 5.32 Å². The summed E-state index contributed by atoms with van der Waals surface area (Å²) in [7, 11) is 4.76. The predicted molar refractivity (Wildman–Crippen MR) is 126 cm³/mol. The van der Waals surface area contributed by atoms with E-state index in [1.807, 2.05) is 36.9 Å². The number of rotatable bonds is 7. The Labute approximate surface area is 189 Å². The van der Waals surface area contributed by atoms with Crippen molar-refractivity contribution in [3.05, 3.63) is 45.6 Å². The van der Waals surface area contributed by atoms with Crippen molar-refractivity contribution in [3.8, 4) is 28.4 Å². The van der Waals surface area contributed by atoms with Gasteiger partial charge in [0, 0.05) is 25.6 Å². The Bertz CT molecular complexity index is 1060. The van der Waals surface area contributed by atoms with Crippen molar-refractivity contribution < 1.29 is 19.0 Å². The van der Waals surface area contributed by atoms with E-state index in [-0.39, 0.29) is 17.4 Å². The van der Waals surface area contributed by atoms with E-state index in [0.717, 1.165) is 35.3 Å². The molecule has 7 nitrogen and oxygen atoms in total. The van der Waals surface area contributed by atoms with Gasteiger partial charge in [-0.15, -0.1) is 0 Å². The standard InChI is InChI=1S/C25H32N2O5/c1-7-27(8-2)20-12-10-17-18(14-21(20)29)19(26-15(3)28)11-9-16-13-22(30-4)24(31-5)25(32-6)23(16)17/h10,12-14,19H,7-9,11H2,1-6H3,(H,26,28)/t19-/m0/s1. The van der Waals surface area contributed by atoms with Gasteiger partial charge in [0.1, 0.15) is 0 Å². The molecular formula is C25H32N2O5. The quantitative estimate of drug-likeness (QED) is 0.707. The molecule has 7 heteroatoms. The van der Waals surface area contributed by atoms with E-state index in [1.165, 1.54) is 6.92 Å². The SMILES string of the molecule is CCN(CC)c1ccc2c(cc1=O)[C@@H](NC(C)=O)CCc1cc(OC)c(OC)c(OC)c1-2. The van der Waals surface area contributed by atoms with Gasteiger partial charge in [-0.2, -0.15) is 0 Å². The molecule has 0 unspecified atom stereocenters. The first-order valence-corrected chi connectivity index (χ1v) is 10.9. The van der Waals surface area contributed by atoms with Crippen LogP contribution in [0.2, 0.25) is 0 Å². The second-order valence-corrected chi connectivity index (χ2v) is 7.74. The van der Waals surface area contributed by atoms with Crippen molar-refractivity contribution in [1.29, 1.82) is 0 Å². The summed E-state index contributed by atoms with van der Waals surface area (Å²) >= 11 is 0. The molecular weight excluding hydrogens is 408 g/mol. The summed E-state index contributed by atoms with van der Waals surface area (Å²) in [6, 6.07) is 7.13. The number of hydrogen-bond acceptors (Lipinski definition) is 6. The number of carbonyl (C=O) groups excluding carboxylic acids is 1. The van der Waals surface area contributed by atoms with Gasteiger partial charge in [0.15, 0.2) is 11.5 Å². The molecule has 0 spiro atoms. The lowest BCUT2D eigenvalue weighted by atomic mass is 9.95. The molecule has 0 aliphatic heterocycles. The van der Waals surface area contributed by atoms with Crippen molar-refractivity contribution in [3.63, 3.8) is 0 Å². The molecule has 1 amide bonds. The Kier molecular flexibility index (Phi) is 7.28. The number of nitrogens with one attached hydrogen (secondary N) is 1. The number of ether oxygens (including phenoxy) is 3. The average Bonchev–Trinajstić information content (AvgIpc) is 3.02. The van der Waals surface area contributed by atoms with E-state index in [9.17, 15) is 9.59 Å². The first-order valence-electron chi connectivity index (χ1n) is 10.9. The number of fused-ring (bicyclic) bond motifs is 3. The normalized spacial score (nSPS) is 14.5. The molecule has 0 aromatic heterocycles. The molecule has 172 valence electrons. The second kappa shape index (κ2) is 9.94. The summed E-state index contributed by atoms with van der Waals surface area (Å²) < 4.78 is 17.0. The highest BCUT2D eigenvalue weighted by molar-refractivity contribution is 5.83. The maximum atomic E-state index is 13.3. The number of amides is 1. The molecule has 0 saturated carbocycles. The van der Waals surface area contributed by atoms with Gasteiger partial charge in [0.2, 0.25) is 17.1 Å². The van der Waals surface area contributed by atoms with E-state index >= 15 is 0 Å². The van der Waals surface area contributed by atoms with Crippen LogP contribution < -0.4 is 29.9 Å². The summed E-state index contributed by atoms with van der Waals surface area (Å²) in [6.45, 7) is 6.99. The molecule has 2 aromatic rings. The summed E-state index contributed by atoms with van der Waals surface area (Å²) in [6.07, 6.45) is 1.31. The monoisotopic (exact) mass is 440 g/mol. The van der Waals surface area contributed by atoms with Gasteiger partial charge in [-0.05, 0) is 61.6 Å². The molecule has 0 fully saturated rings. The third kappa shape index (κ3) is 4.24. The second-order valence-electron chi connectivity index (χ2n) is 7.74. The zero-order valence-corrected chi connectivity index (χ0v) is 19.7. The van der Waals surface area contributed by atoms with Gasteiger partial charge in [-0.3, -0.25) is 9.59 Å². The van der Waals surface area contributed by atoms with Gasteiger partial charge < -0.3 is 24.4 Å². The van der Waals surface area contributed by atoms with E-state index in [1.54, 1.807) is 27.4 Å². The lowest BCUT2D eigenvalue weighted by Gasteiger charge is -2.19. The Balaban J connectivity index is 2.41. The van der Waals surface area contributed by atoms with Gasteiger partial charge in [-0.1, -0.05) is 6.07 Å². The highest BCUT2D eigenvalue weighted by atomic mass is 16.5. The fourth-order valence-electron chi connectivity index (χ4n) is 4.53. The van der Waals surface area contributed by atoms with Crippen LogP contribution in [-0.2, 0) is 11.2 Å². The fourth-order valence-corrected chi connectivity index (χ4v) is 4.53. The van der Waals surface area contributed by atoms with Crippen LogP contribution in [-0.4, -0.2) is 40.3 Å². The van der Waals surface area contributed by atoms with Crippen LogP contribution in [0.4, 0.5) is 5.69 Å². The smallest absolute Gasteiger partial charge is 0.217 e. The summed E-state index contributed by atoms with van der Waals surface area (Å²) in [5, 5.41) is 3.03. The molecule has 1 aliphatic rings. The maximum absolute atomic E-state index is 13.3. The minimum Gasteiger partial charge on any atom is -0.493 e. The largest absolute Gasteiger partial charge is 0.493 e. The molecule has 0 saturated heterocycles. The van der Waals surface area contributed by atoms with E-state index in [0.29, 0.717) is 35.8 Å². The zero-order chi connectivity index (χ0) is 23.4. The third-order valence-electron chi connectivity index (χ3n) is 6.00. The molecule has 3 rings (SSSR count). The van der Waals surface area contributed by atoms with Crippen molar-refractivity contribution in [2.75, 3.05) is 39.3 Å². The fraction of sp³-hybridized carbons (Fsp3) is 0.440. The van der Waals surface area contributed by atoms with Crippen LogP contribution in [0.5, 0.6) is 17.2 Å². The molecule has 0 bridgehead atoms. The van der Waals surface area contributed by atoms with Crippen LogP contribution in [0.3, 0.4) is 0 Å². The Morgan fingerprint density at radius 2 is 1.75 bits per heavy atom. The van der Waals surface area contributed by atoms with Gasteiger partial charge in [0.25, 0.3) is 0 Å². The summed E-state index contributed by atoms with van der Waals surface area (Å²) in [5.74, 6) is 1.48. The predicted octanol–water partition coefficient (Wildman–Crippen LogP) is 3.71. The molecule has 0 heterocycles. The van der Waals surface area contributed by atoms with Crippen molar-refractivity contribution in [1.82, 2.24) is 5.32 Å². The number of methoxy groups -OCH3 is 3. The minimum absolute atomic E-state index is 0.0757. The Morgan fingerprint density at radius 1 is 1.06 bits per heavy atom. The number of aryl methyl sites for hydroxylation is 1. The van der Waals surface area contributed by atoms with Gasteiger partial charge in [0.05, 0.1) is 33.1 Å². The zero-order valence-electron chi connectivity index (χ0n) is 19.7. The van der Waals surface area contributed by atoms with Crippen LogP contribution in [0.25, 0.3) is 11.1 Å². The van der Waals surface area contributed by atoms with Crippen LogP contribution >= 0.6 is 0 Å². The first kappa shape index (κ1) is 23.4. The molecule has 1 atom stereocenters. The van der Waals surface area contributed by atoms with Gasteiger partial charge >= 0.3 is 0 Å². The van der Waals surface area contributed by atoms with Crippen LogP contribution in [0.15, 0.2) is 29.1 Å². The Hall–Kier alpha value is -3.22. The molecule has 0 radical (unpaired) electrons.